The molecule has 1 heterocycles. The van der Waals surface area contributed by atoms with E-state index in [0.717, 1.165) is 6.42 Å². The van der Waals surface area contributed by atoms with Crippen LogP contribution in [0.4, 0.5) is 0 Å². The summed E-state index contributed by atoms with van der Waals surface area (Å²) in [5, 5.41) is 9.01. The molecule has 0 radical (unpaired) electrons. The van der Waals surface area contributed by atoms with E-state index < -0.39 is 34.5 Å². The first-order chi connectivity index (χ1) is 15.1. The average Bonchev–Trinajstić information content (AvgIpc) is 2.60. The zero-order valence-corrected chi connectivity index (χ0v) is 26.1. The maximum Gasteiger partial charge on any atom is 0.327 e. The molecular formula is C26H52O6Si2. The zero-order valence-electron chi connectivity index (χ0n) is 24.1. The quantitative estimate of drug-likeness (QED) is 0.246. The number of carboxylic acids is 1. The van der Waals surface area contributed by atoms with E-state index in [1.54, 1.807) is 6.08 Å². The normalized spacial score (nSPS) is 25.7. The second-order valence-electron chi connectivity index (χ2n) is 13.4. The number of hydrogen-bond acceptors (Lipinski definition) is 5. The molecular weight excluding hydrogens is 464 g/mol. The molecule has 6 nitrogen and oxygen atoms in total. The number of carboxylic acid groups (broad SMARTS) is 1. The number of ether oxygens (including phenoxy) is 2. The van der Waals surface area contributed by atoms with Crippen LogP contribution in [0.3, 0.4) is 0 Å². The molecule has 1 saturated heterocycles. The molecule has 1 N–H and O–H groups in total. The van der Waals surface area contributed by atoms with Crippen molar-refractivity contribution in [1.29, 1.82) is 0 Å². The van der Waals surface area contributed by atoms with Gasteiger partial charge in [0, 0.05) is 12.5 Å². The highest BCUT2D eigenvalue weighted by Crippen LogP contribution is 2.43. The Labute approximate surface area is 211 Å². The first kappa shape index (κ1) is 31.5. The molecule has 200 valence electrons. The van der Waals surface area contributed by atoms with Gasteiger partial charge in [0.25, 0.3) is 0 Å². The van der Waals surface area contributed by atoms with Crippen LogP contribution in [0, 0.1) is 0 Å². The van der Waals surface area contributed by atoms with Crippen molar-refractivity contribution in [1.82, 2.24) is 0 Å². The van der Waals surface area contributed by atoms with Gasteiger partial charge in [-0.05, 0) is 69.9 Å². The number of hydrogen-bond donors (Lipinski definition) is 1. The summed E-state index contributed by atoms with van der Waals surface area (Å²) in [5.74, 6) is -0.932. The van der Waals surface area contributed by atoms with Crippen LogP contribution >= 0.6 is 0 Å². The summed E-state index contributed by atoms with van der Waals surface area (Å²) in [6, 6.07) is 0. The predicted octanol–water partition coefficient (Wildman–Crippen LogP) is 7.12. The molecule has 0 unspecified atom stereocenters. The molecule has 1 aliphatic rings. The lowest BCUT2D eigenvalue weighted by Gasteiger charge is -2.49. The summed E-state index contributed by atoms with van der Waals surface area (Å²) in [4.78, 5) is 10.8. The first-order valence-electron chi connectivity index (χ1n) is 12.7. The van der Waals surface area contributed by atoms with Gasteiger partial charge in [0.1, 0.15) is 0 Å². The summed E-state index contributed by atoms with van der Waals surface area (Å²) < 4.78 is 26.7. The van der Waals surface area contributed by atoms with Crippen molar-refractivity contribution in [3.63, 3.8) is 0 Å². The van der Waals surface area contributed by atoms with E-state index in [1.165, 1.54) is 6.08 Å². The van der Waals surface area contributed by atoms with Gasteiger partial charge < -0.3 is 23.4 Å². The van der Waals surface area contributed by atoms with Crippen LogP contribution in [0.2, 0.25) is 36.3 Å². The first-order valence-corrected chi connectivity index (χ1v) is 18.5. The fraction of sp³-hybridized carbons (Fsp3) is 0.885. The molecule has 0 bridgehead atoms. The minimum Gasteiger partial charge on any atom is -0.478 e. The third kappa shape index (κ3) is 9.17. The van der Waals surface area contributed by atoms with Crippen molar-refractivity contribution in [3.05, 3.63) is 12.2 Å². The van der Waals surface area contributed by atoms with Crippen LogP contribution in [-0.4, -0.2) is 57.9 Å². The number of rotatable bonds is 10. The Morgan fingerprint density at radius 2 is 1.41 bits per heavy atom. The summed E-state index contributed by atoms with van der Waals surface area (Å²) in [6.45, 7) is 28.7. The van der Waals surface area contributed by atoms with Gasteiger partial charge in [0.2, 0.25) is 0 Å². The molecule has 0 amide bonds. The molecule has 4 atom stereocenters. The van der Waals surface area contributed by atoms with Gasteiger partial charge in [-0.15, -0.1) is 0 Å². The van der Waals surface area contributed by atoms with Crippen molar-refractivity contribution < 1.29 is 28.2 Å². The van der Waals surface area contributed by atoms with Gasteiger partial charge in [-0.25, -0.2) is 4.79 Å². The monoisotopic (exact) mass is 516 g/mol. The maximum absolute atomic E-state index is 10.8. The van der Waals surface area contributed by atoms with Crippen LogP contribution in [0.25, 0.3) is 0 Å². The van der Waals surface area contributed by atoms with Gasteiger partial charge in [-0.1, -0.05) is 47.6 Å². The van der Waals surface area contributed by atoms with Crippen molar-refractivity contribution in [3.8, 4) is 0 Å². The molecule has 0 aromatic heterocycles. The Hall–Kier alpha value is -0.516. The molecule has 0 aromatic rings. The van der Waals surface area contributed by atoms with Gasteiger partial charge in [0.05, 0.1) is 23.9 Å². The molecule has 1 rings (SSSR count). The largest absolute Gasteiger partial charge is 0.478 e. The Morgan fingerprint density at radius 1 is 0.941 bits per heavy atom. The van der Waals surface area contributed by atoms with Crippen molar-refractivity contribution in [2.75, 3.05) is 0 Å². The highest BCUT2D eigenvalue weighted by atomic mass is 28.4. The van der Waals surface area contributed by atoms with Crippen LogP contribution < -0.4 is 0 Å². The van der Waals surface area contributed by atoms with Gasteiger partial charge >= 0.3 is 5.97 Å². The van der Waals surface area contributed by atoms with E-state index in [9.17, 15) is 4.79 Å². The number of carbonyl (C=O) groups is 1. The van der Waals surface area contributed by atoms with E-state index in [2.05, 4.69) is 74.7 Å². The molecule has 34 heavy (non-hydrogen) atoms. The maximum atomic E-state index is 10.8. The van der Waals surface area contributed by atoms with E-state index in [1.807, 2.05) is 13.8 Å². The molecule has 0 spiro atoms. The molecule has 0 saturated carbocycles. The Kier molecular flexibility index (Phi) is 10.4. The second-order valence-corrected chi connectivity index (χ2v) is 22.9. The zero-order chi connectivity index (χ0) is 26.8. The van der Waals surface area contributed by atoms with Crippen LogP contribution in [-0.2, 0) is 23.1 Å². The lowest BCUT2D eigenvalue weighted by Crippen LogP contribution is -2.58. The minimum absolute atomic E-state index is 0.0443. The Morgan fingerprint density at radius 3 is 1.85 bits per heavy atom. The highest BCUT2D eigenvalue weighted by molar-refractivity contribution is 6.74. The van der Waals surface area contributed by atoms with E-state index in [0.29, 0.717) is 12.8 Å². The van der Waals surface area contributed by atoms with Gasteiger partial charge in [-0.2, -0.15) is 0 Å². The lowest BCUT2D eigenvalue weighted by atomic mass is 10.0. The Balaban J connectivity index is 3.11. The topological polar surface area (TPSA) is 74.2 Å². The number of allylic oxidation sites excluding steroid dienone is 1. The predicted molar refractivity (Wildman–Crippen MR) is 144 cm³/mol. The summed E-state index contributed by atoms with van der Waals surface area (Å²) in [7, 11) is -4.06. The van der Waals surface area contributed by atoms with Crippen LogP contribution in [0.15, 0.2) is 12.2 Å². The third-order valence-electron chi connectivity index (χ3n) is 7.75. The standard InChI is InChI=1S/C26H52O6Si2/c1-19-20(31-33(10,11)24(2,3)4)18-21(32-34(12,13)25(5,6)7)23(29-19)30-26(8,9)17-15-14-16-22(27)28/h14,16,19-21,23H,15,17-18H2,1-13H3,(H,27,28)/b16-14+/t19-,20+,21+,23-/m0/s1. The molecule has 0 aliphatic carbocycles. The molecule has 1 fully saturated rings. The fourth-order valence-electron chi connectivity index (χ4n) is 3.37. The van der Waals surface area contributed by atoms with Crippen LogP contribution in [0.1, 0.15) is 81.6 Å². The summed E-state index contributed by atoms with van der Waals surface area (Å²) in [6.07, 6.45) is 4.01. The second kappa shape index (κ2) is 11.3. The SMILES string of the molecule is C[C@@H]1O[C@@H](OC(C)(C)CC/C=C/C(=O)O)[C@H](O[Si](C)(C)C(C)(C)C)C[C@H]1O[Si](C)(C)C(C)(C)C. The fourth-order valence-corrected chi connectivity index (χ4v) is 6.08. The summed E-state index contributed by atoms with van der Waals surface area (Å²) in [5.41, 5.74) is -0.491. The van der Waals surface area contributed by atoms with E-state index in [4.69, 9.17) is 23.4 Å². The smallest absolute Gasteiger partial charge is 0.327 e. The molecule has 8 heteroatoms. The molecule has 0 aromatic carbocycles. The van der Waals surface area contributed by atoms with Crippen LogP contribution in [0.5, 0.6) is 0 Å². The summed E-state index contributed by atoms with van der Waals surface area (Å²) >= 11 is 0. The highest BCUT2D eigenvalue weighted by Gasteiger charge is 2.48. The third-order valence-corrected chi connectivity index (χ3v) is 16.8. The molecule has 1 aliphatic heterocycles. The minimum atomic E-state index is -2.08. The van der Waals surface area contributed by atoms with Crippen molar-refractivity contribution >= 4 is 22.6 Å². The number of aliphatic carboxylic acids is 1. The van der Waals surface area contributed by atoms with E-state index in [-0.39, 0.29) is 28.4 Å². The van der Waals surface area contributed by atoms with E-state index >= 15 is 0 Å². The van der Waals surface area contributed by atoms with Crippen molar-refractivity contribution in [2.45, 2.75) is 148 Å². The Bertz CT molecular complexity index is 703. The average molecular weight is 517 g/mol. The van der Waals surface area contributed by atoms with Crippen molar-refractivity contribution in [2.24, 2.45) is 0 Å². The lowest BCUT2D eigenvalue weighted by molar-refractivity contribution is -0.286. The van der Waals surface area contributed by atoms with Gasteiger partial charge in [0.15, 0.2) is 22.9 Å². The van der Waals surface area contributed by atoms with Gasteiger partial charge in [-0.3, -0.25) is 0 Å².